The first kappa shape index (κ1) is 18.2. The highest BCUT2D eigenvalue weighted by molar-refractivity contribution is 6.35. The molecule has 3 heterocycles. The lowest BCUT2D eigenvalue weighted by Gasteiger charge is -2.14. The molecule has 6 nitrogen and oxygen atoms in total. The molecule has 3 aromatic rings. The average molecular weight is 418 g/mol. The molecule has 28 heavy (non-hydrogen) atoms. The zero-order valence-corrected chi connectivity index (χ0v) is 16.9. The molecule has 2 aliphatic rings. The predicted octanol–water partition coefficient (Wildman–Crippen LogP) is 3.50. The molecule has 146 valence electrons. The second-order valence-electron chi connectivity index (χ2n) is 7.73. The monoisotopic (exact) mass is 417 g/mol. The van der Waals surface area contributed by atoms with E-state index in [1.54, 1.807) is 16.8 Å². The molecule has 8 heteroatoms. The molecular formula is C20H21Cl2N5O. The number of nitrogens with one attached hydrogen (secondary N) is 2. The van der Waals surface area contributed by atoms with Gasteiger partial charge >= 0.3 is 5.69 Å². The van der Waals surface area contributed by atoms with Crippen molar-refractivity contribution < 1.29 is 0 Å². The summed E-state index contributed by atoms with van der Waals surface area (Å²) in [6.45, 7) is 2.16. The smallest absolute Gasteiger partial charge is 0.316 e. The normalized spacial score (nSPS) is 21.5. The van der Waals surface area contributed by atoms with Gasteiger partial charge in [0.25, 0.3) is 0 Å². The van der Waals surface area contributed by atoms with Gasteiger partial charge in [-0.05, 0) is 68.0 Å². The van der Waals surface area contributed by atoms with Crippen LogP contribution < -0.4 is 11.0 Å². The summed E-state index contributed by atoms with van der Waals surface area (Å²) < 4.78 is 1.75. The number of H-pyrrole nitrogens is 1. The number of imidazole rings is 1. The number of aromatic nitrogens is 4. The summed E-state index contributed by atoms with van der Waals surface area (Å²) in [4.78, 5) is 24.9. The number of benzene rings is 1. The Balaban J connectivity index is 1.52. The van der Waals surface area contributed by atoms with Crippen molar-refractivity contribution in [1.29, 1.82) is 0 Å². The summed E-state index contributed by atoms with van der Waals surface area (Å²) >= 11 is 12.6. The first-order valence-corrected chi connectivity index (χ1v) is 10.5. The van der Waals surface area contributed by atoms with Crippen LogP contribution in [0.1, 0.15) is 42.3 Å². The highest BCUT2D eigenvalue weighted by Crippen LogP contribution is 2.40. The van der Waals surface area contributed by atoms with Crippen LogP contribution in [0.2, 0.25) is 10.0 Å². The molecule has 0 bridgehead atoms. The van der Waals surface area contributed by atoms with Crippen LogP contribution in [0.5, 0.6) is 0 Å². The zero-order chi connectivity index (χ0) is 19.3. The fourth-order valence-corrected chi connectivity index (χ4v) is 5.15. The van der Waals surface area contributed by atoms with Gasteiger partial charge < -0.3 is 10.3 Å². The Kier molecular flexibility index (Phi) is 4.65. The maximum Gasteiger partial charge on any atom is 0.328 e. The summed E-state index contributed by atoms with van der Waals surface area (Å²) in [6, 6.07) is 3.57. The van der Waals surface area contributed by atoms with Crippen LogP contribution >= 0.6 is 23.2 Å². The van der Waals surface area contributed by atoms with Crippen LogP contribution in [-0.4, -0.2) is 32.6 Å². The van der Waals surface area contributed by atoms with Gasteiger partial charge in [-0.1, -0.05) is 23.2 Å². The number of rotatable bonds is 4. The maximum absolute atomic E-state index is 12.7. The third-order valence-corrected chi connectivity index (χ3v) is 6.53. The third-order valence-electron chi connectivity index (χ3n) is 5.98. The molecule has 1 saturated heterocycles. The molecule has 1 fully saturated rings. The largest absolute Gasteiger partial charge is 0.328 e. The molecule has 0 radical (unpaired) electrons. The van der Waals surface area contributed by atoms with Crippen molar-refractivity contribution in [3.05, 3.63) is 55.8 Å². The molecule has 1 aliphatic heterocycles. The van der Waals surface area contributed by atoms with E-state index in [9.17, 15) is 4.79 Å². The number of hydrogen-bond donors (Lipinski definition) is 2. The topological polar surface area (TPSA) is 75.6 Å². The number of aryl methyl sites for hydroxylation is 1. The summed E-state index contributed by atoms with van der Waals surface area (Å²) in [7, 11) is 0. The molecule has 1 aromatic carbocycles. The SMILES string of the molecule is O=c1[nH]c2cnc(CC[C@@H]3CCNC3)nc2n1C1CCc2c(Cl)cc(Cl)cc21. The Morgan fingerprint density at radius 2 is 2.14 bits per heavy atom. The van der Waals surface area contributed by atoms with Crippen molar-refractivity contribution in [2.45, 2.75) is 38.1 Å². The Labute approximate surface area is 172 Å². The van der Waals surface area contributed by atoms with Crippen molar-refractivity contribution in [1.82, 2.24) is 24.8 Å². The molecule has 0 saturated carbocycles. The van der Waals surface area contributed by atoms with Crippen LogP contribution in [0.3, 0.4) is 0 Å². The number of nitrogens with zero attached hydrogens (tertiary/aromatic N) is 3. The van der Waals surface area contributed by atoms with Gasteiger partial charge in [-0.2, -0.15) is 0 Å². The van der Waals surface area contributed by atoms with Gasteiger partial charge in [-0.3, -0.25) is 4.57 Å². The van der Waals surface area contributed by atoms with E-state index in [2.05, 4.69) is 15.3 Å². The van der Waals surface area contributed by atoms with E-state index in [-0.39, 0.29) is 11.7 Å². The van der Waals surface area contributed by atoms with E-state index in [4.69, 9.17) is 28.2 Å². The van der Waals surface area contributed by atoms with Crippen LogP contribution in [0.15, 0.2) is 23.1 Å². The zero-order valence-electron chi connectivity index (χ0n) is 15.3. The van der Waals surface area contributed by atoms with Crippen molar-refractivity contribution in [2.24, 2.45) is 5.92 Å². The number of fused-ring (bicyclic) bond motifs is 2. The molecule has 0 amide bonds. The summed E-state index contributed by atoms with van der Waals surface area (Å²) in [6.07, 6.45) is 6.43. The van der Waals surface area contributed by atoms with Crippen molar-refractivity contribution in [3.8, 4) is 0 Å². The Hall–Kier alpha value is -1.89. The van der Waals surface area contributed by atoms with Gasteiger partial charge in [0.1, 0.15) is 11.3 Å². The molecule has 1 unspecified atom stereocenters. The molecule has 2 atom stereocenters. The van der Waals surface area contributed by atoms with E-state index in [1.165, 1.54) is 6.42 Å². The van der Waals surface area contributed by atoms with Crippen LogP contribution in [-0.2, 0) is 12.8 Å². The minimum absolute atomic E-state index is 0.116. The molecule has 0 spiro atoms. The second-order valence-corrected chi connectivity index (χ2v) is 8.57. The van der Waals surface area contributed by atoms with Crippen LogP contribution in [0, 0.1) is 5.92 Å². The van der Waals surface area contributed by atoms with Crippen LogP contribution in [0.4, 0.5) is 0 Å². The standard InChI is InChI=1S/C20H21Cl2N5O/c21-12-7-14-13(15(22)8-12)2-3-17(14)27-19-16(25-20(27)28)10-24-18(26-19)4-1-11-5-6-23-9-11/h7-8,10-11,17,23H,1-6,9H2,(H,25,28)/t11-,17?/m1/s1. The Morgan fingerprint density at radius 1 is 1.25 bits per heavy atom. The van der Waals surface area contributed by atoms with Gasteiger partial charge in [0.05, 0.1) is 12.2 Å². The van der Waals surface area contributed by atoms with Crippen LogP contribution in [0.25, 0.3) is 11.2 Å². The van der Waals surface area contributed by atoms with Gasteiger partial charge in [0, 0.05) is 16.5 Å². The number of halogens is 2. The van der Waals surface area contributed by atoms with Crippen molar-refractivity contribution >= 4 is 34.4 Å². The first-order chi connectivity index (χ1) is 13.6. The van der Waals surface area contributed by atoms with Gasteiger partial charge in [-0.25, -0.2) is 14.8 Å². The lowest BCUT2D eigenvalue weighted by Crippen LogP contribution is -2.22. The summed E-state index contributed by atoms with van der Waals surface area (Å²) in [5.74, 6) is 1.47. The van der Waals surface area contributed by atoms with Gasteiger partial charge in [-0.15, -0.1) is 0 Å². The average Bonchev–Trinajstić information content (AvgIpc) is 3.38. The third kappa shape index (κ3) is 3.13. The van der Waals surface area contributed by atoms with Crippen molar-refractivity contribution in [2.75, 3.05) is 13.1 Å². The van der Waals surface area contributed by atoms with Gasteiger partial charge in [0.2, 0.25) is 0 Å². The van der Waals surface area contributed by atoms with E-state index >= 15 is 0 Å². The van der Waals surface area contributed by atoms with E-state index in [0.717, 1.165) is 55.7 Å². The molecule has 2 aromatic heterocycles. The molecule has 1 aliphatic carbocycles. The minimum Gasteiger partial charge on any atom is -0.316 e. The minimum atomic E-state index is -0.171. The number of hydrogen-bond acceptors (Lipinski definition) is 4. The number of aromatic amines is 1. The maximum atomic E-state index is 12.7. The lowest BCUT2D eigenvalue weighted by molar-refractivity contribution is 0.524. The van der Waals surface area contributed by atoms with Gasteiger partial charge in [0.15, 0.2) is 5.65 Å². The fraction of sp³-hybridized carbons (Fsp3) is 0.450. The summed E-state index contributed by atoms with van der Waals surface area (Å²) in [5, 5.41) is 4.65. The molecular weight excluding hydrogens is 397 g/mol. The Bertz CT molecular complexity index is 1100. The lowest BCUT2D eigenvalue weighted by atomic mass is 10.0. The van der Waals surface area contributed by atoms with E-state index in [1.807, 2.05) is 6.07 Å². The predicted molar refractivity (Wildman–Crippen MR) is 110 cm³/mol. The molecule has 5 rings (SSSR count). The highest BCUT2D eigenvalue weighted by Gasteiger charge is 2.29. The fourth-order valence-electron chi connectivity index (χ4n) is 4.54. The molecule has 2 N–H and O–H groups in total. The highest BCUT2D eigenvalue weighted by atomic mass is 35.5. The first-order valence-electron chi connectivity index (χ1n) is 9.75. The van der Waals surface area contributed by atoms with Crippen molar-refractivity contribution in [3.63, 3.8) is 0 Å². The quantitative estimate of drug-likeness (QED) is 0.680. The van der Waals surface area contributed by atoms with E-state index < -0.39 is 0 Å². The second kappa shape index (κ2) is 7.17. The Morgan fingerprint density at radius 3 is 2.96 bits per heavy atom. The summed E-state index contributed by atoms with van der Waals surface area (Å²) in [5.41, 5.74) is 3.24. The van der Waals surface area contributed by atoms with E-state index in [0.29, 0.717) is 27.1 Å².